The predicted octanol–water partition coefficient (Wildman–Crippen LogP) is 3.05. The second-order valence-electron chi connectivity index (χ2n) is 4.76. The molecular formula is C15H18O3. The maximum Gasteiger partial charge on any atom is 0.303 e. The summed E-state index contributed by atoms with van der Waals surface area (Å²) in [6.07, 6.45) is 2.98. The third-order valence-electron chi connectivity index (χ3n) is 3.39. The van der Waals surface area contributed by atoms with E-state index in [1.165, 1.54) is 6.92 Å². The molecule has 2 unspecified atom stereocenters. The molecule has 3 heteroatoms. The number of esters is 1. The molecule has 0 aliphatic heterocycles. The normalized spacial score (nSPS) is 21.4. The van der Waals surface area contributed by atoms with Gasteiger partial charge in [-0.25, -0.2) is 0 Å². The molecule has 18 heavy (non-hydrogen) atoms. The van der Waals surface area contributed by atoms with E-state index in [2.05, 4.69) is 0 Å². The molecule has 1 aliphatic carbocycles. The van der Waals surface area contributed by atoms with E-state index in [0.717, 1.165) is 24.8 Å². The van der Waals surface area contributed by atoms with Gasteiger partial charge in [0.15, 0.2) is 0 Å². The number of ether oxygens (including phenoxy) is 1. The van der Waals surface area contributed by atoms with Gasteiger partial charge in [-0.05, 0) is 18.4 Å². The molecule has 96 valence electrons. The van der Waals surface area contributed by atoms with E-state index in [1.807, 2.05) is 30.3 Å². The molecule has 0 aromatic heterocycles. The van der Waals surface area contributed by atoms with Gasteiger partial charge in [-0.15, -0.1) is 0 Å². The molecule has 0 heterocycles. The van der Waals surface area contributed by atoms with Gasteiger partial charge in [0, 0.05) is 13.3 Å². The Bertz CT molecular complexity index is 425. The molecule has 0 saturated heterocycles. The molecule has 1 aromatic rings. The molecule has 3 nitrogen and oxygen atoms in total. The summed E-state index contributed by atoms with van der Waals surface area (Å²) in [7, 11) is 0. The highest BCUT2D eigenvalue weighted by Gasteiger charge is 2.33. The van der Waals surface area contributed by atoms with E-state index in [9.17, 15) is 9.59 Å². The maximum atomic E-state index is 12.0. The third-order valence-corrected chi connectivity index (χ3v) is 3.39. The summed E-state index contributed by atoms with van der Waals surface area (Å²) in [5.74, 6) is -0.288. The van der Waals surface area contributed by atoms with Gasteiger partial charge >= 0.3 is 5.97 Å². The number of rotatable bonds is 3. The molecule has 1 saturated carbocycles. The fourth-order valence-corrected chi connectivity index (χ4v) is 2.53. The van der Waals surface area contributed by atoms with Crippen molar-refractivity contribution in [3.63, 3.8) is 0 Å². The van der Waals surface area contributed by atoms with Crippen molar-refractivity contribution < 1.29 is 14.3 Å². The Morgan fingerprint density at radius 1 is 1.28 bits per heavy atom. The summed E-state index contributed by atoms with van der Waals surface area (Å²) in [5, 5.41) is 0. The zero-order chi connectivity index (χ0) is 13.0. The summed E-state index contributed by atoms with van der Waals surface area (Å²) >= 11 is 0. The molecule has 1 aliphatic rings. The topological polar surface area (TPSA) is 43.4 Å². The fourth-order valence-electron chi connectivity index (χ4n) is 2.53. The Kier molecular flexibility index (Phi) is 4.13. The molecule has 2 atom stereocenters. The first-order valence-electron chi connectivity index (χ1n) is 6.43. The summed E-state index contributed by atoms with van der Waals surface area (Å²) < 4.78 is 5.39. The Morgan fingerprint density at radius 2 is 2.00 bits per heavy atom. The zero-order valence-electron chi connectivity index (χ0n) is 10.6. The van der Waals surface area contributed by atoms with E-state index in [-0.39, 0.29) is 17.7 Å². The maximum absolute atomic E-state index is 12.0. The lowest BCUT2D eigenvalue weighted by Gasteiger charge is -2.28. The minimum absolute atomic E-state index is 0.176. The van der Waals surface area contributed by atoms with Gasteiger partial charge in [0.05, 0.1) is 5.92 Å². The molecule has 0 N–H and O–H groups in total. The van der Waals surface area contributed by atoms with Gasteiger partial charge in [-0.3, -0.25) is 9.59 Å². The van der Waals surface area contributed by atoms with Gasteiger partial charge in [0.2, 0.25) is 0 Å². The second kappa shape index (κ2) is 5.80. The van der Waals surface area contributed by atoms with Crippen LogP contribution in [-0.2, 0) is 14.3 Å². The summed E-state index contributed by atoms with van der Waals surface area (Å²) in [4.78, 5) is 23.2. The lowest BCUT2D eigenvalue weighted by molar-refractivity contribution is -0.152. The number of ketones is 1. The quantitative estimate of drug-likeness (QED) is 0.770. The van der Waals surface area contributed by atoms with Crippen molar-refractivity contribution >= 4 is 11.8 Å². The van der Waals surface area contributed by atoms with Crippen LogP contribution in [0.1, 0.15) is 44.3 Å². The van der Waals surface area contributed by atoms with Crippen LogP contribution in [0, 0.1) is 5.92 Å². The van der Waals surface area contributed by atoms with Gasteiger partial charge < -0.3 is 4.74 Å². The Hall–Kier alpha value is -1.64. The first-order chi connectivity index (χ1) is 8.68. The van der Waals surface area contributed by atoms with E-state index in [0.29, 0.717) is 6.42 Å². The van der Waals surface area contributed by atoms with E-state index in [4.69, 9.17) is 4.74 Å². The van der Waals surface area contributed by atoms with Crippen LogP contribution in [0.5, 0.6) is 0 Å². The van der Waals surface area contributed by atoms with Crippen LogP contribution in [-0.4, -0.2) is 11.8 Å². The SMILES string of the molecule is CC(=O)OC(c1ccccc1)C1CCCCC1=O. The van der Waals surface area contributed by atoms with E-state index >= 15 is 0 Å². The molecule has 0 bridgehead atoms. The minimum atomic E-state index is -0.420. The van der Waals surface area contributed by atoms with E-state index in [1.54, 1.807) is 0 Å². The number of carbonyl (C=O) groups is 2. The first-order valence-corrected chi connectivity index (χ1v) is 6.43. The van der Waals surface area contributed by atoms with Crippen LogP contribution < -0.4 is 0 Å². The predicted molar refractivity (Wildman–Crippen MR) is 67.9 cm³/mol. The number of hydrogen-bond acceptors (Lipinski definition) is 3. The van der Waals surface area contributed by atoms with Crippen LogP contribution in [0.4, 0.5) is 0 Å². The average molecular weight is 246 g/mol. The molecule has 1 fully saturated rings. The van der Waals surface area contributed by atoms with Crippen molar-refractivity contribution in [1.82, 2.24) is 0 Å². The Morgan fingerprint density at radius 3 is 2.61 bits per heavy atom. The Labute approximate surface area is 107 Å². The van der Waals surface area contributed by atoms with Crippen LogP contribution in [0.2, 0.25) is 0 Å². The molecule has 2 rings (SSSR count). The number of hydrogen-bond donors (Lipinski definition) is 0. The number of benzene rings is 1. The van der Waals surface area contributed by atoms with Crippen LogP contribution in [0.3, 0.4) is 0 Å². The molecule has 0 spiro atoms. The summed E-state index contributed by atoms with van der Waals surface area (Å²) in [6, 6.07) is 9.54. The highest BCUT2D eigenvalue weighted by molar-refractivity contribution is 5.82. The van der Waals surface area contributed by atoms with Crippen molar-refractivity contribution in [1.29, 1.82) is 0 Å². The standard InChI is InChI=1S/C15H18O3/c1-11(16)18-15(12-7-3-2-4-8-12)13-9-5-6-10-14(13)17/h2-4,7-8,13,15H,5-6,9-10H2,1H3. The lowest BCUT2D eigenvalue weighted by atomic mass is 9.81. The number of Topliss-reactive ketones (excluding diaryl/α,β-unsaturated/α-hetero) is 1. The van der Waals surface area contributed by atoms with Crippen molar-refractivity contribution in [2.45, 2.75) is 38.7 Å². The van der Waals surface area contributed by atoms with Gasteiger partial charge in [-0.2, -0.15) is 0 Å². The van der Waals surface area contributed by atoms with Crippen molar-refractivity contribution in [2.24, 2.45) is 5.92 Å². The molecule has 0 radical (unpaired) electrons. The number of carbonyl (C=O) groups excluding carboxylic acids is 2. The highest BCUT2D eigenvalue weighted by Crippen LogP contribution is 2.34. The zero-order valence-corrected chi connectivity index (χ0v) is 10.6. The monoisotopic (exact) mass is 246 g/mol. The smallest absolute Gasteiger partial charge is 0.303 e. The lowest BCUT2D eigenvalue weighted by Crippen LogP contribution is -2.28. The van der Waals surface area contributed by atoms with Crippen LogP contribution in [0.15, 0.2) is 30.3 Å². The van der Waals surface area contributed by atoms with Crippen molar-refractivity contribution in [3.8, 4) is 0 Å². The first kappa shape index (κ1) is 12.8. The second-order valence-corrected chi connectivity index (χ2v) is 4.76. The van der Waals surface area contributed by atoms with Gasteiger partial charge in [0.25, 0.3) is 0 Å². The molecule has 0 amide bonds. The van der Waals surface area contributed by atoms with Crippen molar-refractivity contribution in [2.75, 3.05) is 0 Å². The van der Waals surface area contributed by atoms with Crippen LogP contribution in [0.25, 0.3) is 0 Å². The molecular weight excluding hydrogens is 228 g/mol. The third kappa shape index (κ3) is 2.97. The summed E-state index contributed by atoms with van der Waals surface area (Å²) in [6.45, 7) is 1.39. The van der Waals surface area contributed by atoms with Crippen molar-refractivity contribution in [3.05, 3.63) is 35.9 Å². The molecule has 1 aromatic carbocycles. The van der Waals surface area contributed by atoms with Gasteiger partial charge in [0.1, 0.15) is 11.9 Å². The Balaban J connectivity index is 2.24. The average Bonchev–Trinajstić information content (AvgIpc) is 2.38. The van der Waals surface area contributed by atoms with E-state index < -0.39 is 6.10 Å². The van der Waals surface area contributed by atoms with Crippen LogP contribution >= 0.6 is 0 Å². The highest BCUT2D eigenvalue weighted by atomic mass is 16.5. The summed E-state index contributed by atoms with van der Waals surface area (Å²) in [5.41, 5.74) is 0.910. The minimum Gasteiger partial charge on any atom is -0.457 e. The largest absolute Gasteiger partial charge is 0.457 e. The van der Waals surface area contributed by atoms with Gasteiger partial charge in [-0.1, -0.05) is 36.8 Å². The fraction of sp³-hybridized carbons (Fsp3) is 0.467.